The number of nitrogens with zero attached hydrogens (tertiary/aromatic N) is 2. The lowest BCUT2D eigenvalue weighted by atomic mass is 9.82. The summed E-state index contributed by atoms with van der Waals surface area (Å²) in [6, 6.07) is 9.17. The average molecular weight is 537 g/mol. The van der Waals surface area contributed by atoms with Crippen LogP contribution in [-0.4, -0.2) is 74.5 Å². The second-order valence-corrected chi connectivity index (χ2v) is 11.5. The average Bonchev–Trinajstić information content (AvgIpc) is 3.50. The fraction of sp³-hybridized carbons (Fsp3) is 0.500. The maximum atomic E-state index is 14.7. The van der Waals surface area contributed by atoms with Crippen molar-refractivity contribution < 1.29 is 36.9 Å². The molecule has 0 bridgehead atoms. The van der Waals surface area contributed by atoms with Gasteiger partial charge in [-0.15, -0.1) is 0 Å². The molecule has 0 amide bonds. The summed E-state index contributed by atoms with van der Waals surface area (Å²) in [6.45, 7) is 4.84. The van der Waals surface area contributed by atoms with Crippen molar-refractivity contribution >= 4 is 16.0 Å². The molecule has 0 saturated carbocycles. The summed E-state index contributed by atoms with van der Waals surface area (Å²) in [5.74, 6) is -1.75. The van der Waals surface area contributed by atoms with E-state index in [1.807, 2.05) is 17.9 Å². The Morgan fingerprint density at radius 2 is 1.86 bits per heavy atom. The van der Waals surface area contributed by atoms with Crippen LogP contribution in [0.1, 0.15) is 43.4 Å². The van der Waals surface area contributed by atoms with Crippen molar-refractivity contribution in [2.75, 3.05) is 45.8 Å². The predicted octanol–water partition coefficient (Wildman–Crippen LogP) is 3.47. The summed E-state index contributed by atoms with van der Waals surface area (Å²) < 4.78 is 57.4. The zero-order valence-corrected chi connectivity index (χ0v) is 22.0. The summed E-state index contributed by atoms with van der Waals surface area (Å²) in [5.41, 5.74) is 1.26. The summed E-state index contributed by atoms with van der Waals surface area (Å²) in [6.07, 6.45) is 0.657. The van der Waals surface area contributed by atoms with Gasteiger partial charge in [-0.1, -0.05) is 19.1 Å². The predicted molar refractivity (Wildman–Crippen MR) is 135 cm³/mol. The number of ether oxygens (including phenoxy) is 3. The van der Waals surface area contributed by atoms with E-state index in [0.29, 0.717) is 43.1 Å². The molecule has 0 aliphatic carbocycles. The zero-order valence-electron chi connectivity index (χ0n) is 21.2. The van der Waals surface area contributed by atoms with Crippen molar-refractivity contribution in [3.8, 4) is 17.2 Å². The molecule has 0 radical (unpaired) electrons. The summed E-state index contributed by atoms with van der Waals surface area (Å²) in [5, 5.41) is 10.4. The molecular weight excluding hydrogens is 503 g/mol. The Balaban J connectivity index is 1.72. The van der Waals surface area contributed by atoms with E-state index in [-0.39, 0.29) is 24.8 Å². The largest absolute Gasteiger partial charge is 0.494 e. The second kappa shape index (κ2) is 11.2. The third-order valence-corrected chi connectivity index (χ3v) is 8.97. The Kier molecular flexibility index (Phi) is 8.25. The van der Waals surface area contributed by atoms with Gasteiger partial charge in [-0.2, -0.15) is 0 Å². The molecule has 202 valence electrons. The van der Waals surface area contributed by atoms with Crippen molar-refractivity contribution in [3.63, 3.8) is 0 Å². The standard InChI is InChI=1S/C26H33FN2O7S/c1-4-10-29(37(32,33)5-2)12-11-28-15-19(17-6-9-22-23(14-17)36-16-35-22)24(26(30)31)25(28)18-7-8-21(34-3)20(27)13-18/h6-9,13-14,19,24-25H,4-5,10-12,15-16H2,1-3H3,(H,30,31)/t19-,24-,25+/m0/s1. The lowest BCUT2D eigenvalue weighted by molar-refractivity contribution is -0.143. The van der Waals surface area contributed by atoms with Gasteiger partial charge in [0.15, 0.2) is 23.1 Å². The van der Waals surface area contributed by atoms with E-state index in [1.165, 1.54) is 23.5 Å². The van der Waals surface area contributed by atoms with Crippen molar-refractivity contribution in [1.82, 2.24) is 9.21 Å². The number of sulfonamides is 1. The summed E-state index contributed by atoms with van der Waals surface area (Å²) in [4.78, 5) is 14.6. The zero-order chi connectivity index (χ0) is 26.7. The molecule has 11 heteroatoms. The highest BCUT2D eigenvalue weighted by Gasteiger charge is 2.47. The molecule has 4 rings (SSSR count). The first kappa shape index (κ1) is 27.2. The molecular formula is C26H33FN2O7S. The van der Waals surface area contributed by atoms with Gasteiger partial charge in [0.1, 0.15) is 0 Å². The third kappa shape index (κ3) is 5.53. The molecule has 2 aromatic carbocycles. The fourth-order valence-electron chi connectivity index (χ4n) is 5.27. The number of methoxy groups -OCH3 is 1. The summed E-state index contributed by atoms with van der Waals surface area (Å²) in [7, 11) is -2.06. The van der Waals surface area contributed by atoms with Gasteiger partial charge in [0.25, 0.3) is 0 Å². The number of benzene rings is 2. The Hall–Kier alpha value is -2.89. The van der Waals surface area contributed by atoms with E-state index in [9.17, 15) is 22.7 Å². The summed E-state index contributed by atoms with van der Waals surface area (Å²) >= 11 is 0. The first-order valence-corrected chi connectivity index (χ1v) is 14.0. The van der Waals surface area contributed by atoms with Crippen LogP contribution >= 0.6 is 0 Å². The van der Waals surface area contributed by atoms with Crippen LogP contribution in [0.5, 0.6) is 17.2 Å². The smallest absolute Gasteiger partial charge is 0.309 e. The van der Waals surface area contributed by atoms with Crippen LogP contribution in [0.2, 0.25) is 0 Å². The van der Waals surface area contributed by atoms with Gasteiger partial charge >= 0.3 is 5.97 Å². The molecule has 0 spiro atoms. The quantitative estimate of drug-likeness (QED) is 0.466. The minimum absolute atomic E-state index is 0.0162. The van der Waals surface area contributed by atoms with Crippen LogP contribution in [0, 0.1) is 11.7 Å². The molecule has 2 aromatic rings. The molecule has 3 atom stereocenters. The van der Waals surface area contributed by atoms with Crippen molar-refractivity contribution in [2.24, 2.45) is 5.92 Å². The number of rotatable bonds is 11. The first-order chi connectivity index (χ1) is 17.7. The van der Waals surface area contributed by atoms with Gasteiger partial charge in [-0.3, -0.25) is 9.69 Å². The SMILES string of the molecule is CCCN(CCN1C[C@@H](c2ccc3c(c2)OCO3)[C@H](C(=O)O)[C@H]1c1ccc(OC)c(F)c1)S(=O)(=O)CC. The topological polar surface area (TPSA) is 106 Å². The van der Waals surface area contributed by atoms with Gasteiger partial charge in [0.05, 0.1) is 18.8 Å². The van der Waals surface area contributed by atoms with E-state index < -0.39 is 39.7 Å². The molecule has 2 aliphatic heterocycles. The second-order valence-electron chi connectivity index (χ2n) is 9.22. The third-order valence-electron chi connectivity index (χ3n) is 7.09. The van der Waals surface area contributed by atoms with E-state index in [1.54, 1.807) is 25.1 Å². The van der Waals surface area contributed by atoms with Gasteiger partial charge in [0.2, 0.25) is 16.8 Å². The number of halogens is 1. The van der Waals surface area contributed by atoms with E-state index in [4.69, 9.17) is 14.2 Å². The fourth-order valence-corrected chi connectivity index (χ4v) is 6.45. The molecule has 2 aliphatic rings. The molecule has 2 heterocycles. The number of aliphatic carboxylic acids is 1. The lowest BCUT2D eigenvalue weighted by Gasteiger charge is -2.30. The van der Waals surface area contributed by atoms with Crippen molar-refractivity contribution in [3.05, 3.63) is 53.3 Å². The van der Waals surface area contributed by atoms with Gasteiger partial charge in [-0.05, 0) is 48.7 Å². The number of carboxylic acid groups (broad SMARTS) is 1. The van der Waals surface area contributed by atoms with Crippen molar-refractivity contribution in [2.45, 2.75) is 32.2 Å². The van der Waals surface area contributed by atoms with Crippen LogP contribution in [0.25, 0.3) is 0 Å². The molecule has 37 heavy (non-hydrogen) atoms. The highest BCUT2D eigenvalue weighted by molar-refractivity contribution is 7.89. The number of carboxylic acids is 1. The Labute approximate surface area is 216 Å². The molecule has 9 nitrogen and oxygen atoms in total. The normalized spacial score (nSPS) is 21.5. The van der Waals surface area contributed by atoms with Crippen LogP contribution in [0.4, 0.5) is 4.39 Å². The minimum Gasteiger partial charge on any atom is -0.494 e. The van der Waals surface area contributed by atoms with E-state index >= 15 is 0 Å². The van der Waals surface area contributed by atoms with Crippen LogP contribution in [0.15, 0.2) is 36.4 Å². The van der Waals surface area contributed by atoms with Crippen molar-refractivity contribution in [1.29, 1.82) is 0 Å². The van der Waals surface area contributed by atoms with Crippen LogP contribution < -0.4 is 14.2 Å². The van der Waals surface area contributed by atoms with E-state index in [2.05, 4.69) is 0 Å². The van der Waals surface area contributed by atoms with Gasteiger partial charge in [-0.25, -0.2) is 17.1 Å². The molecule has 1 fully saturated rings. The maximum Gasteiger partial charge on any atom is 0.309 e. The number of carbonyl (C=O) groups is 1. The number of hydrogen-bond donors (Lipinski definition) is 1. The van der Waals surface area contributed by atoms with Gasteiger partial charge in [0, 0.05) is 38.1 Å². The Bertz CT molecular complexity index is 1240. The maximum absolute atomic E-state index is 14.7. The van der Waals surface area contributed by atoms with Gasteiger partial charge < -0.3 is 19.3 Å². The lowest BCUT2D eigenvalue weighted by Crippen LogP contribution is -2.40. The molecule has 1 saturated heterocycles. The number of hydrogen-bond acceptors (Lipinski definition) is 7. The van der Waals surface area contributed by atoms with E-state index in [0.717, 1.165) is 5.56 Å². The number of fused-ring (bicyclic) bond motifs is 1. The first-order valence-electron chi connectivity index (χ1n) is 12.4. The van der Waals surface area contributed by atoms with Crippen LogP contribution in [0.3, 0.4) is 0 Å². The minimum atomic E-state index is -3.43. The highest BCUT2D eigenvalue weighted by atomic mass is 32.2. The van der Waals surface area contributed by atoms with Crippen LogP contribution in [-0.2, 0) is 14.8 Å². The monoisotopic (exact) mass is 536 g/mol. The number of likely N-dealkylation sites (tertiary alicyclic amines) is 1. The Morgan fingerprint density at radius 3 is 2.51 bits per heavy atom. The Morgan fingerprint density at radius 1 is 1.14 bits per heavy atom. The molecule has 1 N–H and O–H groups in total. The molecule has 0 unspecified atom stereocenters. The highest BCUT2D eigenvalue weighted by Crippen LogP contribution is 2.48. The molecule has 0 aromatic heterocycles.